The molecule has 0 aliphatic heterocycles. The molecule has 1 aromatic heterocycles. The fourth-order valence-electron chi connectivity index (χ4n) is 1.63. The van der Waals surface area contributed by atoms with E-state index >= 15 is 0 Å². The highest BCUT2D eigenvalue weighted by Crippen LogP contribution is 2.26. The minimum absolute atomic E-state index is 0.542. The number of benzene rings is 1. The van der Waals surface area contributed by atoms with Crippen LogP contribution in [-0.2, 0) is 0 Å². The summed E-state index contributed by atoms with van der Waals surface area (Å²) in [6.07, 6.45) is 1.63. The van der Waals surface area contributed by atoms with E-state index < -0.39 is 0 Å². The third-order valence-corrected chi connectivity index (χ3v) is 3.31. The molecule has 0 bridgehead atoms. The van der Waals surface area contributed by atoms with E-state index in [1.165, 1.54) is 5.56 Å². The van der Waals surface area contributed by atoms with Gasteiger partial charge in [-0.15, -0.1) is 0 Å². The van der Waals surface area contributed by atoms with Gasteiger partial charge in [-0.3, -0.25) is 0 Å². The van der Waals surface area contributed by atoms with Crippen LogP contribution in [0.4, 0.5) is 17.2 Å². The van der Waals surface area contributed by atoms with Crippen molar-refractivity contribution in [1.82, 2.24) is 4.98 Å². The summed E-state index contributed by atoms with van der Waals surface area (Å²) >= 11 is 3.44. The average molecular weight is 306 g/mol. The molecule has 1 aromatic carbocycles. The molecule has 3 nitrogen and oxygen atoms in total. The van der Waals surface area contributed by atoms with Crippen molar-refractivity contribution >= 4 is 33.1 Å². The van der Waals surface area contributed by atoms with Crippen LogP contribution in [0, 0.1) is 0 Å². The van der Waals surface area contributed by atoms with Crippen LogP contribution in [0.5, 0.6) is 0 Å². The van der Waals surface area contributed by atoms with Crippen molar-refractivity contribution in [1.29, 1.82) is 0 Å². The molecule has 94 valence electrons. The quantitative estimate of drug-likeness (QED) is 0.889. The summed E-state index contributed by atoms with van der Waals surface area (Å²) in [7, 11) is 0. The van der Waals surface area contributed by atoms with E-state index in [-0.39, 0.29) is 0 Å². The van der Waals surface area contributed by atoms with Crippen LogP contribution in [0.3, 0.4) is 0 Å². The summed E-state index contributed by atoms with van der Waals surface area (Å²) < 4.78 is 0.857. The van der Waals surface area contributed by atoms with Gasteiger partial charge in [-0.2, -0.15) is 0 Å². The number of halogens is 1. The Labute approximate surface area is 116 Å². The minimum atomic E-state index is 0.542. The number of nitrogens with zero attached hydrogens (tertiary/aromatic N) is 1. The number of aromatic nitrogens is 1. The molecule has 0 radical (unpaired) electrons. The Morgan fingerprint density at radius 3 is 2.44 bits per heavy atom. The van der Waals surface area contributed by atoms with E-state index in [1.54, 1.807) is 6.20 Å². The van der Waals surface area contributed by atoms with Gasteiger partial charge >= 0.3 is 0 Å². The van der Waals surface area contributed by atoms with Crippen molar-refractivity contribution in [3.05, 3.63) is 46.6 Å². The fourth-order valence-corrected chi connectivity index (χ4v) is 2.10. The number of pyridine rings is 1. The molecule has 2 aromatic rings. The molecule has 0 aliphatic rings. The Morgan fingerprint density at radius 1 is 1.22 bits per heavy atom. The van der Waals surface area contributed by atoms with Crippen LogP contribution < -0.4 is 11.1 Å². The average Bonchev–Trinajstić information content (AvgIpc) is 2.33. The molecule has 0 saturated carbocycles. The smallest absolute Gasteiger partial charge is 0.144 e. The second-order valence-electron chi connectivity index (χ2n) is 4.50. The van der Waals surface area contributed by atoms with E-state index in [9.17, 15) is 0 Å². The molecule has 0 saturated heterocycles. The molecule has 0 fully saturated rings. The van der Waals surface area contributed by atoms with Crippen molar-refractivity contribution in [3.63, 3.8) is 0 Å². The summed E-state index contributed by atoms with van der Waals surface area (Å²) in [6, 6.07) is 10.2. The number of rotatable bonds is 3. The number of nitrogens with one attached hydrogen (secondary N) is 1. The third-order valence-electron chi connectivity index (χ3n) is 2.70. The molecule has 4 heteroatoms. The van der Waals surface area contributed by atoms with Crippen molar-refractivity contribution in [2.24, 2.45) is 0 Å². The molecule has 2 rings (SSSR count). The van der Waals surface area contributed by atoms with Gasteiger partial charge in [0.2, 0.25) is 0 Å². The number of anilines is 3. The maximum atomic E-state index is 5.65. The highest BCUT2D eigenvalue weighted by Gasteiger charge is 2.03. The van der Waals surface area contributed by atoms with Gasteiger partial charge in [-0.1, -0.05) is 26.0 Å². The standard InChI is InChI=1S/C14H16BrN3/c1-9(2)10-3-5-12(6-4-10)18-14-13(15)7-11(16)8-17-14/h3-9H,16H2,1-2H3,(H,17,18). The van der Waals surface area contributed by atoms with E-state index in [0.717, 1.165) is 16.0 Å². The van der Waals surface area contributed by atoms with E-state index in [4.69, 9.17) is 5.73 Å². The topological polar surface area (TPSA) is 50.9 Å². The highest BCUT2D eigenvalue weighted by atomic mass is 79.9. The minimum Gasteiger partial charge on any atom is -0.397 e. The second kappa shape index (κ2) is 5.40. The monoisotopic (exact) mass is 305 g/mol. The second-order valence-corrected chi connectivity index (χ2v) is 5.36. The molecular weight excluding hydrogens is 290 g/mol. The Bertz CT molecular complexity index is 535. The molecule has 3 N–H and O–H groups in total. The maximum Gasteiger partial charge on any atom is 0.144 e. The van der Waals surface area contributed by atoms with E-state index in [0.29, 0.717) is 11.6 Å². The van der Waals surface area contributed by atoms with Crippen molar-refractivity contribution < 1.29 is 0 Å². The lowest BCUT2D eigenvalue weighted by Gasteiger charge is -2.10. The van der Waals surface area contributed by atoms with Gasteiger partial charge in [0.25, 0.3) is 0 Å². The predicted molar refractivity (Wildman–Crippen MR) is 80.2 cm³/mol. The Balaban J connectivity index is 2.18. The summed E-state index contributed by atoms with van der Waals surface area (Å²) in [6.45, 7) is 4.36. The Hall–Kier alpha value is -1.55. The van der Waals surface area contributed by atoms with Crippen molar-refractivity contribution in [3.8, 4) is 0 Å². The molecule has 1 heterocycles. The number of hydrogen-bond acceptors (Lipinski definition) is 3. The molecule has 0 atom stereocenters. The Kier molecular flexibility index (Phi) is 3.87. The SMILES string of the molecule is CC(C)c1ccc(Nc2ncc(N)cc2Br)cc1. The zero-order valence-corrected chi connectivity index (χ0v) is 12.0. The van der Waals surface area contributed by atoms with Gasteiger partial charge in [0, 0.05) is 5.69 Å². The third kappa shape index (κ3) is 3.01. The summed E-state index contributed by atoms with van der Waals surface area (Å²) in [5.74, 6) is 1.31. The van der Waals surface area contributed by atoms with Gasteiger partial charge in [-0.25, -0.2) is 4.98 Å². The van der Waals surface area contributed by atoms with Crippen LogP contribution in [0.2, 0.25) is 0 Å². The molecule has 0 spiro atoms. The predicted octanol–water partition coefficient (Wildman–Crippen LogP) is 4.29. The van der Waals surface area contributed by atoms with Crippen LogP contribution in [0.1, 0.15) is 25.3 Å². The van der Waals surface area contributed by atoms with Gasteiger partial charge in [0.15, 0.2) is 0 Å². The van der Waals surface area contributed by atoms with E-state index in [1.807, 2.05) is 6.07 Å². The number of nitrogen functional groups attached to an aromatic ring is 1. The van der Waals surface area contributed by atoms with E-state index in [2.05, 4.69) is 64.3 Å². The first-order valence-electron chi connectivity index (χ1n) is 5.84. The van der Waals surface area contributed by atoms with Gasteiger partial charge in [-0.05, 0) is 45.6 Å². The highest BCUT2D eigenvalue weighted by molar-refractivity contribution is 9.10. The first-order valence-corrected chi connectivity index (χ1v) is 6.63. The fraction of sp³-hybridized carbons (Fsp3) is 0.214. The first kappa shape index (κ1) is 12.9. The lowest BCUT2D eigenvalue weighted by Crippen LogP contribution is -1.97. The molecule has 0 amide bonds. The summed E-state index contributed by atoms with van der Waals surface area (Å²) in [4.78, 5) is 4.25. The molecular formula is C14H16BrN3. The van der Waals surface area contributed by atoms with Crippen LogP contribution in [-0.4, -0.2) is 4.98 Å². The molecule has 0 unspecified atom stereocenters. The normalized spacial score (nSPS) is 10.7. The number of nitrogens with two attached hydrogens (primary N) is 1. The van der Waals surface area contributed by atoms with Crippen molar-refractivity contribution in [2.45, 2.75) is 19.8 Å². The zero-order chi connectivity index (χ0) is 13.1. The van der Waals surface area contributed by atoms with Gasteiger partial charge in [0.05, 0.1) is 16.4 Å². The van der Waals surface area contributed by atoms with Crippen molar-refractivity contribution in [2.75, 3.05) is 11.1 Å². The van der Waals surface area contributed by atoms with Crippen LogP contribution >= 0.6 is 15.9 Å². The molecule has 0 aliphatic carbocycles. The first-order chi connectivity index (χ1) is 8.56. The lowest BCUT2D eigenvalue weighted by atomic mass is 10.0. The maximum absolute atomic E-state index is 5.65. The summed E-state index contributed by atoms with van der Waals surface area (Å²) in [5, 5.41) is 3.25. The largest absolute Gasteiger partial charge is 0.397 e. The lowest BCUT2D eigenvalue weighted by molar-refractivity contribution is 0.867. The van der Waals surface area contributed by atoms with Gasteiger partial charge < -0.3 is 11.1 Å². The van der Waals surface area contributed by atoms with Crippen LogP contribution in [0.25, 0.3) is 0 Å². The van der Waals surface area contributed by atoms with Crippen LogP contribution in [0.15, 0.2) is 41.0 Å². The summed E-state index contributed by atoms with van der Waals surface area (Å²) in [5.41, 5.74) is 8.63. The molecule has 18 heavy (non-hydrogen) atoms. The number of hydrogen-bond donors (Lipinski definition) is 2. The zero-order valence-electron chi connectivity index (χ0n) is 10.4. The Morgan fingerprint density at radius 2 is 1.89 bits per heavy atom. The van der Waals surface area contributed by atoms with Gasteiger partial charge in [0.1, 0.15) is 5.82 Å².